The average molecular weight is 406 g/mol. The summed E-state index contributed by atoms with van der Waals surface area (Å²) in [5.74, 6) is -2.25. The number of amides is 2. The molecule has 3 aromatic rings. The van der Waals surface area contributed by atoms with Gasteiger partial charge in [-0.05, 0) is 32.0 Å². The van der Waals surface area contributed by atoms with Gasteiger partial charge in [0.2, 0.25) is 11.8 Å². The van der Waals surface area contributed by atoms with Gasteiger partial charge in [-0.2, -0.15) is 5.10 Å². The number of aromatic carboxylic acids is 1. The largest absolute Gasteiger partial charge is 0.476 e. The molecule has 0 saturated carbocycles. The molecule has 4 rings (SSSR count). The van der Waals surface area contributed by atoms with Gasteiger partial charge in [0.1, 0.15) is 12.1 Å². The van der Waals surface area contributed by atoms with Crippen LogP contribution in [-0.4, -0.2) is 38.2 Å². The number of hydrogen-bond donors (Lipinski definition) is 2. The third-order valence-corrected chi connectivity index (χ3v) is 5.11. The number of rotatable bonds is 3. The number of nitrogens with one attached hydrogen (secondary N) is 1. The normalized spacial score (nSPS) is 14.9. The monoisotopic (exact) mass is 406 g/mol. The van der Waals surface area contributed by atoms with Crippen molar-refractivity contribution >= 4 is 39.9 Å². The van der Waals surface area contributed by atoms with Crippen molar-refractivity contribution in [2.45, 2.75) is 25.9 Å². The van der Waals surface area contributed by atoms with Crippen molar-refractivity contribution < 1.29 is 19.5 Å². The Bertz CT molecular complexity index is 1280. The van der Waals surface area contributed by atoms with Crippen LogP contribution in [0.2, 0.25) is 0 Å². The minimum absolute atomic E-state index is 0.147. The van der Waals surface area contributed by atoms with Crippen LogP contribution in [0.4, 0.5) is 11.4 Å². The Kier molecular flexibility index (Phi) is 4.38. The zero-order valence-corrected chi connectivity index (χ0v) is 16.2. The molecule has 2 heterocycles. The summed E-state index contributed by atoms with van der Waals surface area (Å²) in [6.07, 6.45) is 0. The van der Waals surface area contributed by atoms with Crippen molar-refractivity contribution in [2.75, 3.05) is 10.2 Å². The lowest BCUT2D eigenvalue weighted by molar-refractivity contribution is -0.127. The van der Waals surface area contributed by atoms with Gasteiger partial charge < -0.3 is 10.4 Å². The number of carboxylic acid groups (broad SMARTS) is 1. The minimum atomic E-state index is -1.31. The molecule has 2 aromatic carbocycles. The van der Waals surface area contributed by atoms with Crippen LogP contribution in [0.3, 0.4) is 0 Å². The van der Waals surface area contributed by atoms with Crippen LogP contribution in [0.15, 0.2) is 53.3 Å². The van der Waals surface area contributed by atoms with Crippen LogP contribution >= 0.6 is 0 Å². The van der Waals surface area contributed by atoms with Crippen molar-refractivity contribution in [3.63, 3.8) is 0 Å². The van der Waals surface area contributed by atoms with E-state index >= 15 is 0 Å². The highest BCUT2D eigenvalue weighted by Crippen LogP contribution is 2.36. The van der Waals surface area contributed by atoms with Gasteiger partial charge in [-0.15, -0.1) is 0 Å². The fourth-order valence-corrected chi connectivity index (χ4v) is 3.60. The minimum Gasteiger partial charge on any atom is -0.476 e. The van der Waals surface area contributed by atoms with E-state index in [1.165, 1.54) is 17.0 Å². The summed E-state index contributed by atoms with van der Waals surface area (Å²) in [5.41, 5.74) is -1.17. The summed E-state index contributed by atoms with van der Waals surface area (Å²) in [6.45, 7) is 2.67. The molecule has 152 valence electrons. The Morgan fingerprint density at radius 3 is 2.37 bits per heavy atom. The number of aromatic nitrogens is 2. The Morgan fingerprint density at radius 1 is 1.03 bits per heavy atom. The molecule has 0 atom stereocenters. The predicted octanol–water partition coefficient (Wildman–Crippen LogP) is 1.86. The lowest BCUT2D eigenvalue weighted by Gasteiger charge is -2.42. The van der Waals surface area contributed by atoms with Crippen LogP contribution in [0.1, 0.15) is 24.3 Å². The molecule has 0 spiro atoms. The summed E-state index contributed by atoms with van der Waals surface area (Å²) in [7, 11) is 0. The van der Waals surface area contributed by atoms with Crippen LogP contribution in [0, 0.1) is 0 Å². The van der Waals surface area contributed by atoms with Gasteiger partial charge in [-0.3, -0.25) is 19.3 Å². The van der Waals surface area contributed by atoms with Crippen LogP contribution in [0.5, 0.6) is 0 Å². The first-order valence-corrected chi connectivity index (χ1v) is 9.18. The van der Waals surface area contributed by atoms with Gasteiger partial charge in [0.25, 0.3) is 5.56 Å². The molecular weight excluding hydrogens is 388 g/mol. The van der Waals surface area contributed by atoms with Gasteiger partial charge >= 0.3 is 5.97 Å². The number of anilines is 2. The van der Waals surface area contributed by atoms with E-state index in [2.05, 4.69) is 10.4 Å². The van der Waals surface area contributed by atoms with E-state index in [0.29, 0.717) is 11.4 Å². The SMILES string of the molecule is CC1(C)C(=O)Nc2ccccc2N1C(=O)Cn1nc(C(=O)O)c2ccccc2c1=O. The van der Waals surface area contributed by atoms with Gasteiger partial charge in [0.15, 0.2) is 5.69 Å². The zero-order chi connectivity index (χ0) is 21.6. The van der Waals surface area contributed by atoms with Gasteiger partial charge in [0.05, 0.1) is 16.8 Å². The highest BCUT2D eigenvalue weighted by atomic mass is 16.4. The summed E-state index contributed by atoms with van der Waals surface area (Å²) < 4.78 is 0.833. The first-order chi connectivity index (χ1) is 14.2. The van der Waals surface area contributed by atoms with Crippen molar-refractivity contribution in [3.05, 3.63) is 64.6 Å². The van der Waals surface area contributed by atoms with E-state index < -0.39 is 29.5 Å². The number of para-hydroxylation sites is 2. The quantitative estimate of drug-likeness (QED) is 0.685. The first-order valence-electron chi connectivity index (χ1n) is 9.18. The number of hydrogen-bond acceptors (Lipinski definition) is 5. The third kappa shape index (κ3) is 2.91. The average Bonchev–Trinajstić information content (AvgIpc) is 2.70. The number of carbonyl (C=O) groups is 3. The van der Waals surface area contributed by atoms with Gasteiger partial charge in [-0.25, -0.2) is 9.48 Å². The molecule has 0 unspecified atom stereocenters. The van der Waals surface area contributed by atoms with E-state index in [-0.39, 0.29) is 22.4 Å². The maximum absolute atomic E-state index is 13.3. The molecule has 9 heteroatoms. The molecule has 30 heavy (non-hydrogen) atoms. The molecular formula is C21H18N4O5. The number of carbonyl (C=O) groups excluding carboxylic acids is 2. The molecule has 1 aliphatic rings. The van der Waals surface area contributed by atoms with E-state index in [1.807, 2.05) is 0 Å². The Labute approximate surface area is 170 Å². The molecule has 0 aliphatic carbocycles. The summed E-state index contributed by atoms with van der Waals surface area (Å²) in [4.78, 5) is 51.6. The lowest BCUT2D eigenvalue weighted by Crippen LogP contribution is -2.59. The van der Waals surface area contributed by atoms with Gasteiger partial charge in [-0.1, -0.05) is 30.3 Å². The number of nitrogens with zero attached hydrogens (tertiary/aromatic N) is 3. The van der Waals surface area contributed by atoms with Crippen LogP contribution in [-0.2, 0) is 16.1 Å². The second-order valence-electron chi connectivity index (χ2n) is 7.42. The standard InChI is InChI=1S/C21H18N4O5/c1-21(2)20(30)22-14-9-5-6-10-15(14)25(21)16(26)11-24-18(27)13-8-4-3-7-12(13)17(23-24)19(28)29/h3-10H,11H2,1-2H3,(H,22,30)(H,28,29). The highest BCUT2D eigenvalue weighted by molar-refractivity contribution is 6.14. The molecule has 1 aromatic heterocycles. The zero-order valence-electron chi connectivity index (χ0n) is 16.2. The molecule has 1 aliphatic heterocycles. The maximum Gasteiger partial charge on any atom is 0.357 e. The van der Waals surface area contributed by atoms with E-state index in [1.54, 1.807) is 50.2 Å². The number of benzene rings is 2. The lowest BCUT2D eigenvalue weighted by atomic mass is 9.96. The fourth-order valence-electron chi connectivity index (χ4n) is 3.60. The van der Waals surface area contributed by atoms with E-state index in [4.69, 9.17) is 0 Å². The third-order valence-electron chi connectivity index (χ3n) is 5.11. The molecule has 0 radical (unpaired) electrons. The van der Waals surface area contributed by atoms with Crippen molar-refractivity contribution in [3.8, 4) is 0 Å². The topological polar surface area (TPSA) is 122 Å². The molecule has 2 amide bonds. The predicted molar refractivity (Wildman–Crippen MR) is 110 cm³/mol. The summed E-state index contributed by atoms with van der Waals surface area (Å²) in [5, 5.41) is 16.5. The molecule has 0 fully saturated rings. The first kappa shape index (κ1) is 19.3. The maximum atomic E-state index is 13.3. The summed E-state index contributed by atoms with van der Waals surface area (Å²) >= 11 is 0. The second-order valence-corrected chi connectivity index (χ2v) is 7.42. The Balaban J connectivity index is 1.82. The highest BCUT2D eigenvalue weighted by Gasteiger charge is 2.43. The number of carboxylic acids is 1. The summed E-state index contributed by atoms with van der Waals surface area (Å²) in [6, 6.07) is 13.0. The van der Waals surface area contributed by atoms with Crippen molar-refractivity contribution in [2.24, 2.45) is 0 Å². The van der Waals surface area contributed by atoms with Gasteiger partial charge in [0, 0.05) is 5.39 Å². The van der Waals surface area contributed by atoms with E-state index in [0.717, 1.165) is 4.68 Å². The smallest absolute Gasteiger partial charge is 0.357 e. The Hall–Kier alpha value is -4.01. The van der Waals surface area contributed by atoms with Crippen molar-refractivity contribution in [1.82, 2.24) is 9.78 Å². The molecule has 9 nitrogen and oxygen atoms in total. The Morgan fingerprint density at radius 2 is 1.67 bits per heavy atom. The second kappa shape index (κ2) is 6.80. The van der Waals surface area contributed by atoms with E-state index in [9.17, 15) is 24.3 Å². The van der Waals surface area contributed by atoms with Crippen LogP contribution < -0.4 is 15.8 Å². The van der Waals surface area contributed by atoms with Crippen molar-refractivity contribution in [1.29, 1.82) is 0 Å². The molecule has 2 N–H and O–H groups in total. The number of fused-ring (bicyclic) bond motifs is 2. The van der Waals surface area contributed by atoms with Crippen LogP contribution in [0.25, 0.3) is 10.8 Å². The molecule has 0 bridgehead atoms. The molecule has 0 saturated heterocycles. The fraction of sp³-hybridized carbons (Fsp3) is 0.190.